The van der Waals surface area contributed by atoms with E-state index in [0.29, 0.717) is 5.75 Å². The Morgan fingerprint density at radius 3 is 2.70 bits per heavy atom. The third-order valence-electron chi connectivity index (χ3n) is 2.59. The van der Waals surface area contributed by atoms with Crippen molar-refractivity contribution in [3.8, 4) is 0 Å². The summed E-state index contributed by atoms with van der Waals surface area (Å²) in [5.74, 6) is 1.41. The van der Waals surface area contributed by atoms with Gasteiger partial charge in [-0.25, -0.2) is 0 Å². The van der Waals surface area contributed by atoms with Gasteiger partial charge in [-0.1, -0.05) is 6.07 Å². The standard InChI is InChI=1S/C15H15IN2OS/c16-12-4-6-14(7-5-12)18-15(19)11-20-10-8-13-3-1-2-9-17-13/h1-7,9H,8,10-11H2,(H,18,19). The summed E-state index contributed by atoms with van der Waals surface area (Å²) in [4.78, 5) is 16.0. The number of pyridine rings is 1. The van der Waals surface area contributed by atoms with Crippen LogP contribution in [0, 0.1) is 3.57 Å². The van der Waals surface area contributed by atoms with Gasteiger partial charge in [0.2, 0.25) is 5.91 Å². The minimum Gasteiger partial charge on any atom is -0.325 e. The number of thioether (sulfide) groups is 1. The molecule has 20 heavy (non-hydrogen) atoms. The molecule has 2 rings (SSSR count). The summed E-state index contributed by atoms with van der Waals surface area (Å²) >= 11 is 3.87. The fourth-order valence-corrected chi connectivity index (χ4v) is 2.73. The second-order valence-corrected chi connectivity index (χ2v) is 6.53. The lowest BCUT2D eigenvalue weighted by Gasteiger charge is -2.05. The van der Waals surface area contributed by atoms with Crippen LogP contribution in [0.1, 0.15) is 5.69 Å². The minimum atomic E-state index is 0.0391. The van der Waals surface area contributed by atoms with Crippen LogP contribution in [0.2, 0.25) is 0 Å². The van der Waals surface area contributed by atoms with Gasteiger partial charge in [0.05, 0.1) is 5.75 Å². The highest BCUT2D eigenvalue weighted by Crippen LogP contribution is 2.12. The van der Waals surface area contributed by atoms with Crippen molar-refractivity contribution in [2.75, 3.05) is 16.8 Å². The van der Waals surface area contributed by atoms with Gasteiger partial charge >= 0.3 is 0 Å². The molecule has 1 aromatic heterocycles. The smallest absolute Gasteiger partial charge is 0.234 e. The van der Waals surface area contributed by atoms with Crippen LogP contribution in [0.25, 0.3) is 0 Å². The van der Waals surface area contributed by atoms with Crippen molar-refractivity contribution < 1.29 is 4.79 Å². The Morgan fingerprint density at radius 1 is 1.20 bits per heavy atom. The molecule has 5 heteroatoms. The quantitative estimate of drug-likeness (QED) is 0.597. The van der Waals surface area contributed by atoms with E-state index in [1.165, 1.54) is 0 Å². The lowest BCUT2D eigenvalue weighted by Crippen LogP contribution is -2.14. The van der Waals surface area contributed by atoms with E-state index in [9.17, 15) is 4.79 Å². The number of halogens is 1. The number of nitrogens with zero attached hydrogens (tertiary/aromatic N) is 1. The molecule has 0 aliphatic heterocycles. The summed E-state index contributed by atoms with van der Waals surface area (Å²) in [5, 5.41) is 2.89. The molecule has 0 radical (unpaired) electrons. The van der Waals surface area contributed by atoms with Crippen molar-refractivity contribution in [1.29, 1.82) is 0 Å². The number of aryl methyl sites for hydroxylation is 1. The van der Waals surface area contributed by atoms with Crippen LogP contribution < -0.4 is 5.32 Å². The number of aromatic nitrogens is 1. The third-order valence-corrected chi connectivity index (χ3v) is 4.27. The molecule has 3 nitrogen and oxygen atoms in total. The summed E-state index contributed by atoms with van der Waals surface area (Å²) < 4.78 is 1.16. The summed E-state index contributed by atoms with van der Waals surface area (Å²) in [6.45, 7) is 0. The van der Waals surface area contributed by atoms with E-state index in [4.69, 9.17) is 0 Å². The number of hydrogen-bond donors (Lipinski definition) is 1. The molecule has 2 aromatic rings. The maximum Gasteiger partial charge on any atom is 0.234 e. The van der Waals surface area contributed by atoms with Crippen molar-refractivity contribution >= 4 is 45.9 Å². The Bertz CT molecular complexity index is 546. The number of rotatable bonds is 6. The molecule has 104 valence electrons. The van der Waals surface area contributed by atoms with E-state index in [1.54, 1.807) is 18.0 Å². The van der Waals surface area contributed by atoms with E-state index in [2.05, 4.69) is 32.9 Å². The van der Waals surface area contributed by atoms with Gasteiger partial charge in [0, 0.05) is 21.1 Å². The molecule has 0 atom stereocenters. The Labute approximate surface area is 136 Å². The molecule has 1 N–H and O–H groups in total. The number of carbonyl (C=O) groups excluding carboxylic acids is 1. The fraction of sp³-hybridized carbons (Fsp3) is 0.200. The van der Waals surface area contributed by atoms with Crippen LogP contribution in [-0.2, 0) is 11.2 Å². The number of anilines is 1. The molecular formula is C15H15IN2OS. The van der Waals surface area contributed by atoms with Gasteiger partial charge in [0.1, 0.15) is 0 Å². The highest BCUT2D eigenvalue weighted by atomic mass is 127. The van der Waals surface area contributed by atoms with E-state index in [-0.39, 0.29) is 5.91 Å². The normalized spacial score (nSPS) is 10.2. The van der Waals surface area contributed by atoms with Crippen molar-refractivity contribution in [3.63, 3.8) is 0 Å². The van der Waals surface area contributed by atoms with Crippen LogP contribution in [0.15, 0.2) is 48.7 Å². The van der Waals surface area contributed by atoms with Gasteiger partial charge < -0.3 is 5.32 Å². The van der Waals surface area contributed by atoms with Crippen LogP contribution >= 0.6 is 34.4 Å². The van der Waals surface area contributed by atoms with Crippen molar-refractivity contribution in [1.82, 2.24) is 4.98 Å². The van der Waals surface area contributed by atoms with Crippen LogP contribution in [-0.4, -0.2) is 22.4 Å². The van der Waals surface area contributed by atoms with Gasteiger partial charge in [0.15, 0.2) is 0 Å². The second kappa shape index (κ2) is 8.26. The maximum atomic E-state index is 11.8. The first-order chi connectivity index (χ1) is 9.74. The van der Waals surface area contributed by atoms with Crippen molar-refractivity contribution in [3.05, 3.63) is 57.9 Å². The lowest BCUT2D eigenvalue weighted by atomic mass is 10.3. The highest BCUT2D eigenvalue weighted by molar-refractivity contribution is 14.1. The first-order valence-corrected chi connectivity index (χ1v) is 8.50. The number of hydrogen-bond acceptors (Lipinski definition) is 3. The SMILES string of the molecule is O=C(CSCCc1ccccn1)Nc1ccc(I)cc1. The van der Waals surface area contributed by atoms with E-state index in [0.717, 1.165) is 27.1 Å². The fourth-order valence-electron chi connectivity index (χ4n) is 1.62. The highest BCUT2D eigenvalue weighted by Gasteiger charge is 2.03. The summed E-state index contributed by atoms with van der Waals surface area (Å²) in [5.41, 5.74) is 1.92. The summed E-state index contributed by atoms with van der Waals surface area (Å²) in [6, 6.07) is 13.7. The monoisotopic (exact) mass is 398 g/mol. The first-order valence-electron chi connectivity index (χ1n) is 6.27. The molecule has 0 unspecified atom stereocenters. The zero-order chi connectivity index (χ0) is 14.2. The van der Waals surface area contributed by atoms with E-state index in [1.807, 2.05) is 42.5 Å². The molecule has 0 spiro atoms. The van der Waals surface area contributed by atoms with Crippen LogP contribution in [0.4, 0.5) is 5.69 Å². The lowest BCUT2D eigenvalue weighted by molar-refractivity contribution is -0.113. The molecule has 0 saturated carbocycles. The van der Waals surface area contributed by atoms with Gasteiger partial charge in [-0.15, -0.1) is 0 Å². The van der Waals surface area contributed by atoms with Gasteiger partial charge in [0.25, 0.3) is 0 Å². The molecule has 1 aromatic carbocycles. The van der Waals surface area contributed by atoms with Gasteiger partial charge in [-0.2, -0.15) is 11.8 Å². The molecule has 0 aliphatic carbocycles. The molecule has 0 bridgehead atoms. The Balaban J connectivity index is 1.66. The largest absolute Gasteiger partial charge is 0.325 e. The Hall–Kier alpha value is -1.08. The number of carbonyl (C=O) groups is 1. The maximum absolute atomic E-state index is 11.8. The van der Waals surface area contributed by atoms with E-state index < -0.39 is 0 Å². The Kier molecular flexibility index (Phi) is 6.32. The molecule has 0 aliphatic rings. The molecule has 0 fully saturated rings. The first kappa shape index (κ1) is 15.3. The topological polar surface area (TPSA) is 42.0 Å². The predicted octanol–water partition coefficient (Wildman–Crippen LogP) is 3.60. The van der Waals surface area contributed by atoms with Crippen LogP contribution in [0.5, 0.6) is 0 Å². The van der Waals surface area contributed by atoms with Crippen molar-refractivity contribution in [2.24, 2.45) is 0 Å². The third kappa shape index (κ3) is 5.50. The predicted molar refractivity (Wildman–Crippen MR) is 93.1 cm³/mol. The molecular weight excluding hydrogens is 383 g/mol. The Morgan fingerprint density at radius 2 is 2.00 bits per heavy atom. The summed E-state index contributed by atoms with van der Waals surface area (Å²) in [7, 11) is 0. The zero-order valence-corrected chi connectivity index (χ0v) is 13.9. The number of benzene rings is 1. The average molecular weight is 398 g/mol. The minimum absolute atomic E-state index is 0.0391. The zero-order valence-electron chi connectivity index (χ0n) is 10.9. The molecule has 1 amide bonds. The molecule has 1 heterocycles. The second-order valence-electron chi connectivity index (χ2n) is 4.18. The average Bonchev–Trinajstić information content (AvgIpc) is 2.47. The summed E-state index contributed by atoms with van der Waals surface area (Å²) in [6.07, 6.45) is 2.69. The van der Waals surface area contributed by atoms with Crippen molar-refractivity contribution in [2.45, 2.75) is 6.42 Å². The van der Waals surface area contributed by atoms with Gasteiger partial charge in [-0.3, -0.25) is 9.78 Å². The number of nitrogens with one attached hydrogen (secondary N) is 1. The number of amides is 1. The van der Waals surface area contributed by atoms with Gasteiger partial charge in [-0.05, 0) is 71.2 Å². The molecule has 0 saturated heterocycles. The van der Waals surface area contributed by atoms with Crippen LogP contribution in [0.3, 0.4) is 0 Å². The van der Waals surface area contributed by atoms with E-state index >= 15 is 0 Å².